The average molecular weight is 444 g/mol. The van der Waals surface area contributed by atoms with E-state index in [0.717, 1.165) is 5.56 Å². The van der Waals surface area contributed by atoms with Gasteiger partial charge in [-0.15, -0.1) is 11.3 Å². The Balaban J connectivity index is 1.71. The Morgan fingerprint density at radius 2 is 1.87 bits per heavy atom. The average Bonchev–Trinajstić information content (AvgIpc) is 3.17. The minimum Gasteiger partial charge on any atom is -0.338 e. The number of halogens is 2. The zero-order valence-corrected chi connectivity index (χ0v) is 18.0. The first-order valence-electron chi connectivity index (χ1n) is 9.03. The molecule has 0 N–H and O–H groups in total. The van der Waals surface area contributed by atoms with Crippen molar-refractivity contribution in [3.05, 3.63) is 82.1 Å². The van der Waals surface area contributed by atoms with Crippen LogP contribution >= 0.6 is 22.9 Å². The van der Waals surface area contributed by atoms with E-state index in [4.69, 9.17) is 11.6 Å². The molecule has 0 bridgehead atoms. The summed E-state index contributed by atoms with van der Waals surface area (Å²) < 4.78 is 14.1. The van der Waals surface area contributed by atoms with E-state index in [9.17, 15) is 14.0 Å². The molecular formula is C22H19ClFN3O2S. The van der Waals surface area contributed by atoms with Gasteiger partial charge in [-0.1, -0.05) is 35.9 Å². The van der Waals surface area contributed by atoms with Crippen LogP contribution in [0.5, 0.6) is 0 Å². The molecule has 0 saturated heterocycles. The molecule has 0 aliphatic carbocycles. The van der Waals surface area contributed by atoms with Crippen molar-refractivity contribution in [3.63, 3.8) is 0 Å². The van der Waals surface area contributed by atoms with Crippen LogP contribution in [-0.4, -0.2) is 28.7 Å². The Kier molecular flexibility index (Phi) is 6.97. The SMILES string of the molecule is CC(=O)N(c1nc(/C=C/C(=O)N(C)Cc2ccc(Cl)cc2)cs1)c1ccccc1F. The predicted molar refractivity (Wildman–Crippen MR) is 118 cm³/mol. The lowest BCUT2D eigenvalue weighted by atomic mass is 10.2. The molecule has 30 heavy (non-hydrogen) atoms. The molecule has 1 heterocycles. The van der Waals surface area contributed by atoms with E-state index >= 15 is 0 Å². The molecule has 0 atom stereocenters. The number of nitrogens with zero attached hydrogens (tertiary/aromatic N) is 3. The lowest BCUT2D eigenvalue weighted by molar-refractivity contribution is -0.125. The van der Waals surface area contributed by atoms with Gasteiger partial charge in [-0.05, 0) is 35.9 Å². The van der Waals surface area contributed by atoms with E-state index in [1.807, 2.05) is 12.1 Å². The number of benzene rings is 2. The summed E-state index contributed by atoms with van der Waals surface area (Å²) in [5.41, 5.74) is 1.60. The maximum absolute atomic E-state index is 14.1. The highest BCUT2D eigenvalue weighted by atomic mass is 35.5. The van der Waals surface area contributed by atoms with E-state index in [1.165, 1.54) is 41.4 Å². The second kappa shape index (κ2) is 9.65. The van der Waals surface area contributed by atoms with Crippen molar-refractivity contribution >= 4 is 51.6 Å². The Labute approximate surface area is 183 Å². The lowest BCUT2D eigenvalue weighted by Gasteiger charge is -2.18. The van der Waals surface area contributed by atoms with Gasteiger partial charge in [0, 0.05) is 37.0 Å². The molecule has 0 aliphatic heterocycles. The quantitative estimate of drug-likeness (QED) is 0.486. The largest absolute Gasteiger partial charge is 0.338 e. The Bertz CT molecular complexity index is 1080. The van der Waals surface area contributed by atoms with Crippen molar-refractivity contribution in [1.29, 1.82) is 0 Å². The van der Waals surface area contributed by atoms with Crippen LogP contribution in [0.3, 0.4) is 0 Å². The number of anilines is 2. The molecule has 0 fully saturated rings. The van der Waals surface area contributed by atoms with Gasteiger partial charge in [-0.25, -0.2) is 9.37 Å². The third kappa shape index (κ3) is 5.31. The van der Waals surface area contributed by atoms with Gasteiger partial charge >= 0.3 is 0 Å². The van der Waals surface area contributed by atoms with Gasteiger partial charge in [0.05, 0.1) is 11.4 Å². The van der Waals surface area contributed by atoms with E-state index < -0.39 is 5.82 Å². The van der Waals surface area contributed by atoms with Crippen molar-refractivity contribution in [3.8, 4) is 0 Å². The number of likely N-dealkylation sites (N-methyl/N-ethyl adjacent to an activating group) is 1. The predicted octanol–water partition coefficient (Wildman–Crippen LogP) is 5.29. The van der Waals surface area contributed by atoms with Crippen molar-refractivity contribution in [1.82, 2.24) is 9.88 Å². The van der Waals surface area contributed by atoms with Gasteiger partial charge in [0.2, 0.25) is 11.8 Å². The summed E-state index contributed by atoms with van der Waals surface area (Å²) in [4.78, 5) is 31.6. The van der Waals surface area contributed by atoms with E-state index in [0.29, 0.717) is 22.4 Å². The number of para-hydroxylation sites is 1. The topological polar surface area (TPSA) is 53.5 Å². The van der Waals surface area contributed by atoms with Gasteiger partial charge in [-0.3, -0.25) is 14.5 Å². The monoisotopic (exact) mass is 443 g/mol. The summed E-state index contributed by atoms with van der Waals surface area (Å²) in [6, 6.07) is 13.3. The van der Waals surface area contributed by atoms with E-state index in [2.05, 4.69) is 4.98 Å². The molecule has 3 aromatic rings. The molecule has 0 unspecified atom stereocenters. The maximum Gasteiger partial charge on any atom is 0.246 e. The first-order valence-corrected chi connectivity index (χ1v) is 10.3. The number of aromatic nitrogens is 1. The zero-order valence-electron chi connectivity index (χ0n) is 16.4. The second-order valence-corrected chi connectivity index (χ2v) is 7.79. The Morgan fingerprint density at radius 1 is 1.17 bits per heavy atom. The first-order chi connectivity index (χ1) is 14.3. The van der Waals surface area contributed by atoms with Crippen LogP contribution in [-0.2, 0) is 16.1 Å². The molecular weight excluding hydrogens is 425 g/mol. The summed E-state index contributed by atoms with van der Waals surface area (Å²) in [5.74, 6) is -1.07. The standard InChI is InChI=1S/C22H19ClFN3O2S/c1-15(28)27(20-6-4-3-5-19(20)24)22-25-18(14-30-22)11-12-21(29)26(2)13-16-7-9-17(23)10-8-16/h3-12,14H,13H2,1-2H3/b12-11+. The van der Waals surface area contributed by atoms with E-state index in [1.54, 1.807) is 47.7 Å². The van der Waals surface area contributed by atoms with Gasteiger partial charge < -0.3 is 4.90 Å². The number of thiazole rings is 1. The minimum absolute atomic E-state index is 0.133. The summed E-state index contributed by atoms with van der Waals surface area (Å²) in [7, 11) is 1.70. The highest BCUT2D eigenvalue weighted by molar-refractivity contribution is 7.14. The second-order valence-electron chi connectivity index (χ2n) is 6.51. The molecule has 0 spiro atoms. The fourth-order valence-corrected chi connectivity index (χ4v) is 3.70. The number of amides is 2. The molecule has 3 rings (SSSR count). The van der Waals surface area contributed by atoms with Gasteiger partial charge in [0.15, 0.2) is 5.13 Å². The smallest absolute Gasteiger partial charge is 0.246 e. The summed E-state index contributed by atoms with van der Waals surface area (Å²) in [6.45, 7) is 1.78. The summed E-state index contributed by atoms with van der Waals surface area (Å²) in [5, 5.41) is 2.67. The molecule has 1 aromatic heterocycles. The van der Waals surface area contributed by atoms with Gasteiger partial charge in [0.25, 0.3) is 0 Å². The normalized spacial score (nSPS) is 10.9. The minimum atomic E-state index is -0.515. The van der Waals surface area contributed by atoms with Crippen LogP contribution in [0, 0.1) is 5.82 Å². The van der Waals surface area contributed by atoms with Crippen LogP contribution in [0.2, 0.25) is 5.02 Å². The summed E-state index contributed by atoms with van der Waals surface area (Å²) in [6.07, 6.45) is 2.98. The van der Waals surface area contributed by atoms with Crippen LogP contribution < -0.4 is 4.90 Å². The van der Waals surface area contributed by atoms with Gasteiger partial charge in [-0.2, -0.15) is 0 Å². The molecule has 0 saturated carbocycles. The fourth-order valence-electron chi connectivity index (χ4n) is 2.72. The Hall–Kier alpha value is -3.03. The van der Waals surface area contributed by atoms with Gasteiger partial charge in [0.1, 0.15) is 5.82 Å². The number of carbonyl (C=O) groups excluding carboxylic acids is 2. The molecule has 2 amide bonds. The Morgan fingerprint density at radius 3 is 2.53 bits per heavy atom. The molecule has 154 valence electrons. The molecule has 5 nitrogen and oxygen atoms in total. The molecule has 8 heteroatoms. The highest BCUT2D eigenvalue weighted by Gasteiger charge is 2.20. The number of carbonyl (C=O) groups is 2. The maximum atomic E-state index is 14.1. The fraction of sp³-hybridized carbons (Fsp3) is 0.136. The third-order valence-corrected chi connectivity index (χ3v) is 5.31. The van der Waals surface area contributed by atoms with E-state index in [-0.39, 0.29) is 17.5 Å². The number of hydrogen-bond acceptors (Lipinski definition) is 4. The lowest BCUT2D eigenvalue weighted by Crippen LogP contribution is -2.24. The van der Waals surface area contributed by atoms with Crippen molar-refractivity contribution in [2.45, 2.75) is 13.5 Å². The van der Waals surface area contributed by atoms with Crippen LogP contribution in [0.15, 0.2) is 60.0 Å². The van der Waals surface area contributed by atoms with Crippen LogP contribution in [0.1, 0.15) is 18.2 Å². The first kappa shape index (κ1) is 21.7. The van der Waals surface area contributed by atoms with Crippen molar-refractivity contribution in [2.75, 3.05) is 11.9 Å². The zero-order chi connectivity index (χ0) is 21.7. The summed E-state index contributed by atoms with van der Waals surface area (Å²) >= 11 is 7.07. The molecule has 2 aromatic carbocycles. The number of rotatable bonds is 6. The molecule has 0 aliphatic rings. The molecule has 0 radical (unpaired) electrons. The third-order valence-electron chi connectivity index (χ3n) is 4.22. The number of hydrogen-bond donors (Lipinski definition) is 0. The van der Waals surface area contributed by atoms with Crippen molar-refractivity contribution < 1.29 is 14.0 Å². The van der Waals surface area contributed by atoms with Crippen molar-refractivity contribution in [2.24, 2.45) is 0 Å². The van der Waals surface area contributed by atoms with Crippen LogP contribution in [0.4, 0.5) is 15.2 Å². The highest BCUT2D eigenvalue weighted by Crippen LogP contribution is 2.31. The van der Waals surface area contributed by atoms with Crippen LogP contribution in [0.25, 0.3) is 6.08 Å².